The van der Waals surface area contributed by atoms with Crippen LogP contribution in [0.5, 0.6) is 0 Å². The number of nitrogens with one attached hydrogen (secondary N) is 1. The quantitative estimate of drug-likeness (QED) is 0.387. The average Bonchev–Trinajstić information content (AvgIpc) is 2.87. The summed E-state index contributed by atoms with van der Waals surface area (Å²) < 4.78 is 53.0. The molecule has 3 saturated heterocycles. The van der Waals surface area contributed by atoms with E-state index in [9.17, 15) is 4.79 Å². The second kappa shape index (κ2) is 13.0. The van der Waals surface area contributed by atoms with E-state index in [0.29, 0.717) is 19.4 Å². The normalized spacial score (nSPS) is 38.8. The van der Waals surface area contributed by atoms with Crippen molar-refractivity contribution in [1.82, 2.24) is 5.32 Å². The maximum absolute atomic E-state index is 13.7. The van der Waals surface area contributed by atoms with Gasteiger partial charge in [-0.2, -0.15) is 0 Å². The van der Waals surface area contributed by atoms with Crippen LogP contribution in [0.15, 0.2) is 12.2 Å². The summed E-state index contributed by atoms with van der Waals surface area (Å²) in [6, 6.07) is 0. The molecule has 3 aliphatic rings. The maximum Gasteiger partial charge on any atom is 0.256 e. The first-order chi connectivity index (χ1) is 18.0. The third kappa shape index (κ3) is 6.11. The summed E-state index contributed by atoms with van der Waals surface area (Å²) in [5.74, 6) is -1.66. The van der Waals surface area contributed by atoms with Crippen molar-refractivity contribution in [3.05, 3.63) is 12.2 Å². The number of methoxy groups -OCH3 is 5. The lowest BCUT2D eigenvalue weighted by Gasteiger charge is -2.54. The molecule has 3 fully saturated rings. The van der Waals surface area contributed by atoms with Gasteiger partial charge in [-0.1, -0.05) is 32.9 Å². The molecule has 11 heteroatoms. The highest BCUT2D eigenvalue weighted by Crippen LogP contribution is 2.44. The van der Waals surface area contributed by atoms with Gasteiger partial charge in [-0.05, 0) is 6.92 Å². The van der Waals surface area contributed by atoms with Crippen LogP contribution in [-0.4, -0.2) is 110 Å². The Morgan fingerprint density at radius 1 is 1.11 bits per heavy atom. The lowest BCUT2D eigenvalue weighted by Crippen LogP contribution is -2.69. The Morgan fingerprint density at radius 2 is 1.82 bits per heavy atom. The van der Waals surface area contributed by atoms with E-state index in [1.54, 1.807) is 21.3 Å². The number of hydrogen-bond donors (Lipinski definition) is 1. The van der Waals surface area contributed by atoms with Crippen molar-refractivity contribution in [2.75, 3.05) is 48.9 Å². The van der Waals surface area contributed by atoms with Gasteiger partial charge in [-0.15, -0.1) is 0 Å². The third-order valence-corrected chi connectivity index (χ3v) is 8.44. The van der Waals surface area contributed by atoms with Gasteiger partial charge in [0, 0.05) is 59.7 Å². The number of carbonyl (C=O) groups excluding carboxylic acids is 1. The van der Waals surface area contributed by atoms with Gasteiger partial charge < -0.3 is 47.9 Å². The summed E-state index contributed by atoms with van der Waals surface area (Å²) >= 11 is 0. The molecule has 3 rings (SSSR count). The van der Waals surface area contributed by atoms with Crippen LogP contribution in [0.1, 0.15) is 40.5 Å². The van der Waals surface area contributed by atoms with Gasteiger partial charge in [0.15, 0.2) is 12.3 Å². The summed E-state index contributed by atoms with van der Waals surface area (Å²) in [6.07, 6.45) is -3.17. The SMILES string of the molecule is C=C1CC(OC)(C(OC)C(=O)N[C@H]2OCO[C@H]3C2O[C@H](C[C@@H](COC)OC)C(C)(C)C3OC)O[C@H](C)[C@@H]1C. The van der Waals surface area contributed by atoms with Gasteiger partial charge in [0.05, 0.1) is 31.0 Å². The van der Waals surface area contributed by atoms with Crippen LogP contribution in [0.4, 0.5) is 0 Å². The molecule has 1 N–H and O–H groups in total. The monoisotopic (exact) mass is 545 g/mol. The van der Waals surface area contributed by atoms with Crippen LogP contribution < -0.4 is 5.32 Å². The van der Waals surface area contributed by atoms with Crippen molar-refractivity contribution in [2.45, 2.75) is 95.3 Å². The molecule has 0 bridgehead atoms. The third-order valence-electron chi connectivity index (χ3n) is 8.44. The summed E-state index contributed by atoms with van der Waals surface area (Å²) in [5.41, 5.74) is 0.500. The van der Waals surface area contributed by atoms with E-state index in [1.165, 1.54) is 14.2 Å². The molecule has 11 nitrogen and oxygen atoms in total. The zero-order valence-corrected chi connectivity index (χ0v) is 24.3. The first kappa shape index (κ1) is 31.4. The summed E-state index contributed by atoms with van der Waals surface area (Å²) in [4.78, 5) is 13.7. The fraction of sp³-hybridized carbons (Fsp3) is 0.889. The van der Waals surface area contributed by atoms with Crippen LogP contribution in [0.25, 0.3) is 0 Å². The number of fused-ring (bicyclic) bond motifs is 1. The van der Waals surface area contributed by atoms with Gasteiger partial charge in [0.25, 0.3) is 5.91 Å². The molecule has 0 spiro atoms. The number of hydrogen-bond acceptors (Lipinski definition) is 10. The molecule has 0 aromatic carbocycles. The molecule has 1 amide bonds. The largest absolute Gasteiger partial charge is 0.382 e. The van der Waals surface area contributed by atoms with E-state index in [-0.39, 0.29) is 37.1 Å². The standard InChI is InChI=1S/C27H47NO10/c1-15-12-27(34-10,38-17(3)16(15)2)23(33-9)24(29)28-25-21-20(35-14-36-25)22(32-8)26(4,5)19(37-21)11-18(31-7)13-30-6/h16-23,25H,1,11-14H2,2-10H3,(H,28,29)/t16-,17-,18+,19-,20+,21?,22?,23?,25+,27?/m1/s1. The van der Waals surface area contributed by atoms with Crippen LogP contribution >= 0.6 is 0 Å². The van der Waals surface area contributed by atoms with Gasteiger partial charge in [0.2, 0.25) is 5.79 Å². The van der Waals surface area contributed by atoms with Crippen molar-refractivity contribution in [1.29, 1.82) is 0 Å². The highest BCUT2D eigenvalue weighted by molar-refractivity contribution is 5.82. The van der Waals surface area contributed by atoms with E-state index in [1.807, 2.05) is 13.8 Å². The number of ether oxygens (including phenoxy) is 9. The molecule has 220 valence electrons. The minimum atomic E-state index is -1.33. The van der Waals surface area contributed by atoms with E-state index in [2.05, 4.69) is 25.7 Å². The van der Waals surface area contributed by atoms with E-state index < -0.39 is 41.6 Å². The Kier molecular flexibility index (Phi) is 10.7. The lowest BCUT2D eigenvalue weighted by atomic mass is 9.72. The van der Waals surface area contributed by atoms with Crippen molar-refractivity contribution >= 4 is 5.91 Å². The number of carbonyl (C=O) groups is 1. The van der Waals surface area contributed by atoms with Crippen molar-refractivity contribution in [3.63, 3.8) is 0 Å². The predicted octanol–water partition coefficient (Wildman–Crippen LogP) is 2.02. The Morgan fingerprint density at radius 3 is 2.37 bits per heavy atom. The molecule has 3 aliphatic heterocycles. The maximum atomic E-state index is 13.7. The molecule has 0 aromatic heterocycles. The molecule has 0 radical (unpaired) electrons. The first-order valence-electron chi connectivity index (χ1n) is 13.2. The summed E-state index contributed by atoms with van der Waals surface area (Å²) in [5, 5.41) is 2.96. The minimum Gasteiger partial charge on any atom is -0.382 e. The Hall–Kier alpha value is -1.15. The number of amides is 1. The van der Waals surface area contributed by atoms with Crippen molar-refractivity contribution in [3.8, 4) is 0 Å². The topological polar surface area (TPSA) is 112 Å². The fourth-order valence-corrected chi connectivity index (χ4v) is 5.86. The summed E-state index contributed by atoms with van der Waals surface area (Å²) in [7, 11) is 7.88. The molecule has 4 unspecified atom stereocenters. The van der Waals surface area contributed by atoms with E-state index in [0.717, 1.165) is 5.57 Å². The molecule has 10 atom stereocenters. The van der Waals surface area contributed by atoms with Gasteiger partial charge >= 0.3 is 0 Å². The highest BCUT2D eigenvalue weighted by Gasteiger charge is 2.57. The van der Waals surface area contributed by atoms with E-state index in [4.69, 9.17) is 42.6 Å². The molecule has 0 saturated carbocycles. The van der Waals surface area contributed by atoms with Gasteiger partial charge in [-0.3, -0.25) is 4.79 Å². The predicted molar refractivity (Wildman–Crippen MR) is 137 cm³/mol. The lowest BCUT2D eigenvalue weighted by molar-refractivity contribution is -0.333. The molecule has 0 aliphatic carbocycles. The second-order valence-electron chi connectivity index (χ2n) is 11.0. The van der Waals surface area contributed by atoms with Crippen LogP contribution in [0.3, 0.4) is 0 Å². The zero-order chi connectivity index (χ0) is 28.3. The molecule has 3 heterocycles. The van der Waals surface area contributed by atoms with Crippen molar-refractivity contribution in [2.24, 2.45) is 11.3 Å². The van der Waals surface area contributed by atoms with E-state index >= 15 is 0 Å². The second-order valence-corrected chi connectivity index (χ2v) is 11.0. The summed E-state index contributed by atoms with van der Waals surface area (Å²) in [6.45, 7) is 12.7. The van der Waals surface area contributed by atoms with Crippen LogP contribution in [0, 0.1) is 11.3 Å². The average molecular weight is 546 g/mol. The van der Waals surface area contributed by atoms with Gasteiger partial charge in [-0.25, -0.2) is 0 Å². The van der Waals surface area contributed by atoms with Crippen molar-refractivity contribution < 1.29 is 47.4 Å². The fourth-order valence-electron chi connectivity index (χ4n) is 5.86. The van der Waals surface area contributed by atoms with Crippen LogP contribution in [0.2, 0.25) is 0 Å². The minimum absolute atomic E-state index is 0.0324. The smallest absolute Gasteiger partial charge is 0.256 e. The highest BCUT2D eigenvalue weighted by atomic mass is 16.7. The molecule has 0 aromatic rings. The molecular formula is C27H47NO10. The Labute approximate surface area is 226 Å². The van der Waals surface area contributed by atoms with Gasteiger partial charge in [0.1, 0.15) is 19.0 Å². The molecular weight excluding hydrogens is 498 g/mol. The van der Waals surface area contributed by atoms with Crippen LogP contribution in [-0.2, 0) is 47.4 Å². The zero-order valence-electron chi connectivity index (χ0n) is 24.3. The Bertz CT molecular complexity index is 809. The first-order valence-corrected chi connectivity index (χ1v) is 13.2. The Balaban J connectivity index is 1.83. The molecule has 38 heavy (non-hydrogen) atoms. The number of rotatable bonds is 11.